The topological polar surface area (TPSA) is 29.5 Å². The van der Waals surface area contributed by atoms with Crippen LogP contribution in [-0.4, -0.2) is 12.2 Å². The van der Waals surface area contributed by atoms with E-state index in [4.69, 9.17) is 4.74 Å². The molecule has 0 amide bonds. The van der Waals surface area contributed by atoms with E-state index in [1.54, 1.807) is 18.4 Å². The Hall–Kier alpha value is -1.32. The molecule has 1 unspecified atom stereocenters. The van der Waals surface area contributed by atoms with Crippen LogP contribution in [-0.2, 0) is 5.60 Å². The van der Waals surface area contributed by atoms with Gasteiger partial charge in [0.2, 0.25) is 0 Å². The summed E-state index contributed by atoms with van der Waals surface area (Å²) in [5, 5.41) is 10.6. The van der Waals surface area contributed by atoms with Crippen molar-refractivity contribution in [3.8, 4) is 5.75 Å². The predicted octanol–water partition coefficient (Wildman–Crippen LogP) is 3.32. The van der Waals surface area contributed by atoms with E-state index in [9.17, 15) is 5.11 Å². The molecule has 1 N–H and O–H groups in total. The minimum atomic E-state index is -0.939. The fourth-order valence-electron chi connectivity index (χ4n) is 1.75. The first-order valence-electron chi connectivity index (χ1n) is 5.48. The molecule has 0 aliphatic heterocycles. The minimum Gasteiger partial charge on any atom is -0.497 e. The molecule has 0 aliphatic carbocycles. The van der Waals surface area contributed by atoms with E-state index in [2.05, 4.69) is 0 Å². The molecule has 0 bridgehead atoms. The van der Waals surface area contributed by atoms with E-state index in [-0.39, 0.29) is 0 Å². The van der Waals surface area contributed by atoms with Gasteiger partial charge in [-0.1, -0.05) is 12.1 Å². The average molecular weight is 248 g/mol. The first kappa shape index (κ1) is 12.1. The molecule has 0 saturated carbocycles. The van der Waals surface area contributed by atoms with Crippen molar-refractivity contribution in [3.63, 3.8) is 0 Å². The maximum atomic E-state index is 10.6. The number of hydrogen-bond acceptors (Lipinski definition) is 3. The second-order valence-corrected chi connectivity index (χ2v) is 5.50. The number of thiophene rings is 1. The number of methoxy groups -OCH3 is 1. The summed E-state index contributed by atoms with van der Waals surface area (Å²) in [7, 11) is 1.63. The van der Waals surface area contributed by atoms with E-state index in [1.807, 2.05) is 50.2 Å². The number of aliphatic hydroxyl groups is 1. The SMILES string of the molecule is COc1ccc(C(C)(O)c2ccc(C)s2)cc1. The van der Waals surface area contributed by atoms with E-state index in [1.165, 1.54) is 4.88 Å². The van der Waals surface area contributed by atoms with E-state index >= 15 is 0 Å². The molecular formula is C14H16O2S. The van der Waals surface area contributed by atoms with Crippen molar-refractivity contribution in [2.75, 3.05) is 7.11 Å². The summed E-state index contributed by atoms with van der Waals surface area (Å²) >= 11 is 1.62. The lowest BCUT2D eigenvalue weighted by molar-refractivity contribution is 0.106. The summed E-state index contributed by atoms with van der Waals surface area (Å²) in [6.07, 6.45) is 0. The summed E-state index contributed by atoms with van der Waals surface area (Å²) in [5.41, 5.74) is -0.0641. The van der Waals surface area contributed by atoms with Crippen molar-refractivity contribution in [2.24, 2.45) is 0 Å². The zero-order valence-corrected chi connectivity index (χ0v) is 11.0. The Morgan fingerprint density at radius 2 is 1.76 bits per heavy atom. The first-order chi connectivity index (χ1) is 8.04. The van der Waals surface area contributed by atoms with Crippen LogP contribution < -0.4 is 4.74 Å². The molecule has 2 aromatic rings. The molecule has 3 heteroatoms. The van der Waals surface area contributed by atoms with Gasteiger partial charge in [0, 0.05) is 9.75 Å². The van der Waals surface area contributed by atoms with Crippen molar-refractivity contribution in [3.05, 3.63) is 51.7 Å². The lowest BCUT2D eigenvalue weighted by atomic mass is 9.94. The fraction of sp³-hybridized carbons (Fsp3) is 0.286. The van der Waals surface area contributed by atoms with Crippen molar-refractivity contribution in [1.29, 1.82) is 0 Å². The first-order valence-corrected chi connectivity index (χ1v) is 6.29. The zero-order chi connectivity index (χ0) is 12.5. The second-order valence-electron chi connectivity index (χ2n) is 4.21. The molecule has 0 radical (unpaired) electrons. The average Bonchev–Trinajstić information content (AvgIpc) is 2.77. The van der Waals surface area contributed by atoms with Crippen LogP contribution in [0.5, 0.6) is 5.75 Å². The molecule has 1 aromatic carbocycles. The molecule has 0 saturated heterocycles. The van der Waals surface area contributed by atoms with Crippen molar-refractivity contribution in [2.45, 2.75) is 19.4 Å². The predicted molar refractivity (Wildman–Crippen MR) is 70.7 cm³/mol. The molecule has 2 rings (SSSR count). The third-order valence-corrected chi connectivity index (χ3v) is 4.08. The molecule has 1 aromatic heterocycles. The van der Waals surface area contributed by atoms with Crippen molar-refractivity contribution >= 4 is 11.3 Å². The van der Waals surface area contributed by atoms with Crippen LogP contribution in [0.2, 0.25) is 0 Å². The van der Waals surface area contributed by atoms with Crippen LogP contribution in [0.25, 0.3) is 0 Å². The van der Waals surface area contributed by atoms with Gasteiger partial charge in [-0.15, -0.1) is 11.3 Å². The number of rotatable bonds is 3. The van der Waals surface area contributed by atoms with E-state index < -0.39 is 5.60 Å². The van der Waals surface area contributed by atoms with E-state index in [0.717, 1.165) is 16.2 Å². The van der Waals surface area contributed by atoms with Gasteiger partial charge in [0.15, 0.2) is 0 Å². The van der Waals surface area contributed by atoms with Gasteiger partial charge in [-0.25, -0.2) is 0 Å². The van der Waals surface area contributed by atoms with Crippen molar-refractivity contribution < 1.29 is 9.84 Å². The summed E-state index contributed by atoms with van der Waals surface area (Å²) in [5.74, 6) is 0.798. The maximum absolute atomic E-state index is 10.6. The number of benzene rings is 1. The number of aryl methyl sites for hydroxylation is 1. The van der Waals surface area contributed by atoms with Crippen molar-refractivity contribution in [1.82, 2.24) is 0 Å². The highest BCUT2D eigenvalue weighted by molar-refractivity contribution is 7.12. The van der Waals surface area contributed by atoms with Gasteiger partial charge in [-0.3, -0.25) is 0 Å². The molecule has 90 valence electrons. The number of ether oxygens (including phenoxy) is 1. The Balaban J connectivity index is 2.36. The monoisotopic (exact) mass is 248 g/mol. The van der Waals surface area contributed by atoms with Crippen LogP contribution >= 0.6 is 11.3 Å². The van der Waals surface area contributed by atoms with Gasteiger partial charge in [-0.05, 0) is 43.7 Å². The molecular weight excluding hydrogens is 232 g/mol. The van der Waals surface area contributed by atoms with Gasteiger partial charge < -0.3 is 9.84 Å². The van der Waals surface area contributed by atoms with Gasteiger partial charge in [-0.2, -0.15) is 0 Å². The smallest absolute Gasteiger partial charge is 0.121 e. The molecule has 1 heterocycles. The lowest BCUT2D eigenvalue weighted by Gasteiger charge is -2.22. The third-order valence-electron chi connectivity index (χ3n) is 2.87. The van der Waals surface area contributed by atoms with Crippen LogP contribution in [0.1, 0.15) is 22.2 Å². The minimum absolute atomic E-state index is 0.798. The highest BCUT2D eigenvalue weighted by Gasteiger charge is 2.26. The summed E-state index contributed by atoms with van der Waals surface area (Å²) in [6.45, 7) is 3.86. The highest BCUT2D eigenvalue weighted by Crippen LogP contribution is 2.34. The fourth-order valence-corrected chi connectivity index (χ4v) is 2.69. The highest BCUT2D eigenvalue weighted by atomic mass is 32.1. The van der Waals surface area contributed by atoms with Crippen LogP contribution in [0, 0.1) is 6.92 Å². The molecule has 2 nitrogen and oxygen atoms in total. The normalized spacial score (nSPS) is 14.4. The standard InChI is InChI=1S/C14H16O2S/c1-10-4-9-13(17-10)14(2,15)11-5-7-12(16-3)8-6-11/h4-9,15H,1-3H3. The quantitative estimate of drug-likeness (QED) is 0.903. The van der Waals surface area contributed by atoms with Crippen LogP contribution in [0.4, 0.5) is 0 Å². The largest absolute Gasteiger partial charge is 0.497 e. The molecule has 17 heavy (non-hydrogen) atoms. The third kappa shape index (κ3) is 2.35. The van der Waals surface area contributed by atoms with Gasteiger partial charge in [0.1, 0.15) is 11.4 Å². The Bertz CT molecular complexity index is 497. The molecule has 0 aliphatic rings. The molecule has 0 spiro atoms. The number of hydrogen-bond donors (Lipinski definition) is 1. The Morgan fingerprint density at radius 3 is 2.24 bits per heavy atom. The van der Waals surface area contributed by atoms with Gasteiger partial charge >= 0.3 is 0 Å². The molecule has 1 atom stereocenters. The Labute approximate surface area is 105 Å². The van der Waals surface area contributed by atoms with E-state index in [0.29, 0.717) is 0 Å². The maximum Gasteiger partial charge on any atom is 0.121 e. The lowest BCUT2D eigenvalue weighted by Crippen LogP contribution is -2.21. The second kappa shape index (κ2) is 4.51. The Morgan fingerprint density at radius 1 is 1.12 bits per heavy atom. The molecule has 0 fully saturated rings. The summed E-state index contributed by atoms with van der Waals surface area (Å²) < 4.78 is 5.11. The Kier molecular flexibility index (Phi) is 3.22. The van der Waals surface area contributed by atoms with Gasteiger partial charge in [0.25, 0.3) is 0 Å². The van der Waals surface area contributed by atoms with Crippen LogP contribution in [0.15, 0.2) is 36.4 Å². The van der Waals surface area contributed by atoms with Gasteiger partial charge in [0.05, 0.1) is 7.11 Å². The zero-order valence-electron chi connectivity index (χ0n) is 10.2. The summed E-state index contributed by atoms with van der Waals surface area (Å²) in [6, 6.07) is 11.5. The summed E-state index contributed by atoms with van der Waals surface area (Å²) in [4.78, 5) is 2.16. The van der Waals surface area contributed by atoms with Crippen LogP contribution in [0.3, 0.4) is 0 Å².